The van der Waals surface area contributed by atoms with Gasteiger partial charge in [-0.05, 0) is 38.5 Å². The number of hydrogen-bond donors (Lipinski definition) is 0. The van der Waals surface area contributed by atoms with Gasteiger partial charge in [0.1, 0.15) is 6.61 Å². The van der Waals surface area contributed by atoms with Crippen molar-refractivity contribution in [2.45, 2.75) is 20.8 Å². The molecule has 0 aromatic heterocycles. The average molecular weight is 200 g/mol. The van der Waals surface area contributed by atoms with Gasteiger partial charge in [-0.1, -0.05) is 29.5 Å². The van der Waals surface area contributed by atoms with Crippen LogP contribution in [0, 0.1) is 18.8 Å². The molecular formula is C14H16O. The van der Waals surface area contributed by atoms with E-state index in [0.29, 0.717) is 6.61 Å². The minimum absolute atomic E-state index is 0.444. The molecular weight excluding hydrogens is 184 g/mol. The molecule has 1 aromatic rings. The number of ether oxygens (including phenoxy) is 1. The van der Waals surface area contributed by atoms with E-state index in [1.807, 2.05) is 26.0 Å². The minimum Gasteiger partial charge on any atom is -0.489 e. The summed E-state index contributed by atoms with van der Waals surface area (Å²) in [6, 6.07) is 8.15. The van der Waals surface area contributed by atoms with Gasteiger partial charge < -0.3 is 4.74 Å². The predicted octanol–water partition coefficient (Wildman–Crippen LogP) is 3.29. The molecule has 0 saturated carbocycles. The average Bonchev–Trinajstić information content (AvgIpc) is 2.20. The fraction of sp³-hybridized carbons (Fsp3) is 0.286. The second kappa shape index (κ2) is 5.93. The molecule has 1 aromatic carbocycles. The van der Waals surface area contributed by atoms with E-state index in [1.165, 1.54) is 5.56 Å². The normalized spacial score (nSPS) is 8.73. The van der Waals surface area contributed by atoms with Crippen LogP contribution in [0.2, 0.25) is 0 Å². The number of aryl methyl sites for hydroxylation is 1. The summed E-state index contributed by atoms with van der Waals surface area (Å²) in [4.78, 5) is 0. The standard InChI is InChI=1S/C14H16O/c1-12(2)11-15-10-4-5-14-8-6-13(3)7-9-14/h6-9,11H,10H2,1-3H3. The highest BCUT2D eigenvalue weighted by Crippen LogP contribution is 2.00. The highest BCUT2D eigenvalue weighted by molar-refractivity contribution is 5.35. The topological polar surface area (TPSA) is 9.23 Å². The van der Waals surface area contributed by atoms with Crippen LogP contribution in [-0.2, 0) is 4.74 Å². The first kappa shape index (κ1) is 11.4. The van der Waals surface area contributed by atoms with Gasteiger partial charge in [0, 0.05) is 5.56 Å². The largest absolute Gasteiger partial charge is 0.489 e. The lowest BCUT2D eigenvalue weighted by Gasteiger charge is -1.94. The van der Waals surface area contributed by atoms with Crippen LogP contribution in [-0.4, -0.2) is 6.61 Å². The Kier molecular flexibility index (Phi) is 4.50. The van der Waals surface area contributed by atoms with Gasteiger partial charge in [-0.25, -0.2) is 0 Å². The summed E-state index contributed by atoms with van der Waals surface area (Å²) in [5.74, 6) is 6.00. The van der Waals surface area contributed by atoms with Gasteiger partial charge in [0.05, 0.1) is 6.26 Å². The van der Waals surface area contributed by atoms with Crippen LogP contribution in [0.15, 0.2) is 36.1 Å². The van der Waals surface area contributed by atoms with Gasteiger partial charge in [0.15, 0.2) is 0 Å². The summed E-state index contributed by atoms with van der Waals surface area (Å²) in [5, 5.41) is 0. The summed E-state index contributed by atoms with van der Waals surface area (Å²) in [7, 11) is 0. The maximum atomic E-state index is 5.20. The summed E-state index contributed by atoms with van der Waals surface area (Å²) in [5.41, 5.74) is 3.43. The molecule has 0 spiro atoms. The first-order valence-corrected chi connectivity index (χ1v) is 4.99. The van der Waals surface area contributed by atoms with E-state index < -0.39 is 0 Å². The molecule has 0 aliphatic carbocycles. The zero-order valence-corrected chi connectivity index (χ0v) is 9.50. The Bertz CT molecular complexity index is 384. The lowest BCUT2D eigenvalue weighted by atomic mass is 10.2. The maximum Gasteiger partial charge on any atom is 0.148 e. The van der Waals surface area contributed by atoms with Crippen molar-refractivity contribution in [1.29, 1.82) is 0 Å². The molecule has 0 amide bonds. The Labute approximate surface area is 91.8 Å². The molecule has 0 bridgehead atoms. The van der Waals surface area contributed by atoms with Crippen molar-refractivity contribution in [2.75, 3.05) is 6.61 Å². The van der Waals surface area contributed by atoms with E-state index in [0.717, 1.165) is 11.1 Å². The third-order valence-corrected chi connectivity index (χ3v) is 1.76. The maximum absolute atomic E-state index is 5.20. The van der Waals surface area contributed by atoms with Crippen LogP contribution < -0.4 is 0 Å². The molecule has 0 atom stereocenters. The molecule has 0 aliphatic rings. The summed E-state index contributed by atoms with van der Waals surface area (Å²) >= 11 is 0. The van der Waals surface area contributed by atoms with Crippen LogP contribution in [0.3, 0.4) is 0 Å². The van der Waals surface area contributed by atoms with Gasteiger partial charge in [-0.15, -0.1) is 0 Å². The number of benzene rings is 1. The molecule has 1 heteroatoms. The second-order valence-corrected chi connectivity index (χ2v) is 3.67. The SMILES string of the molecule is CC(C)=COCC#Cc1ccc(C)cc1. The van der Waals surface area contributed by atoms with Crippen molar-refractivity contribution >= 4 is 0 Å². The molecule has 0 heterocycles. The zero-order chi connectivity index (χ0) is 11.1. The van der Waals surface area contributed by atoms with Gasteiger partial charge >= 0.3 is 0 Å². The Morgan fingerprint density at radius 1 is 1.27 bits per heavy atom. The summed E-state index contributed by atoms with van der Waals surface area (Å²) < 4.78 is 5.20. The molecule has 15 heavy (non-hydrogen) atoms. The van der Waals surface area contributed by atoms with Crippen molar-refractivity contribution in [1.82, 2.24) is 0 Å². The fourth-order valence-corrected chi connectivity index (χ4v) is 1.03. The third-order valence-electron chi connectivity index (χ3n) is 1.76. The van der Waals surface area contributed by atoms with Gasteiger partial charge in [-0.2, -0.15) is 0 Å². The van der Waals surface area contributed by atoms with Gasteiger partial charge in [-0.3, -0.25) is 0 Å². The molecule has 0 radical (unpaired) electrons. The lowest BCUT2D eigenvalue weighted by molar-refractivity contribution is 0.293. The number of hydrogen-bond acceptors (Lipinski definition) is 1. The molecule has 0 saturated heterocycles. The van der Waals surface area contributed by atoms with E-state index >= 15 is 0 Å². The first-order chi connectivity index (χ1) is 7.18. The Morgan fingerprint density at radius 2 is 1.93 bits per heavy atom. The highest BCUT2D eigenvalue weighted by atomic mass is 16.5. The van der Waals surface area contributed by atoms with Crippen molar-refractivity contribution in [2.24, 2.45) is 0 Å². The Balaban J connectivity index is 2.45. The molecule has 0 aliphatic heterocycles. The summed E-state index contributed by atoms with van der Waals surface area (Å²) in [6.07, 6.45) is 1.73. The van der Waals surface area contributed by atoms with Gasteiger partial charge in [0.25, 0.3) is 0 Å². The van der Waals surface area contributed by atoms with Crippen molar-refractivity contribution < 1.29 is 4.74 Å². The van der Waals surface area contributed by atoms with E-state index in [2.05, 4.69) is 30.9 Å². The quantitative estimate of drug-likeness (QED) is 0.404. The fourth-order valence-electron chi connectivity index (χ4n) is 1.03. The second-order valence-electron chi connectivity index (χ2n) is 3.67. The smallest absolute Gasteiger partial charge is 0.148 e. The Morgan fingerprint density at radius 3 is 2.53 bits per heavy atom. The predicted molar refractivity (Wildman–Crippen MR) is 63.4 cm³/mol. The van der Waals surface area contributed by atoms with Gasteiger partial charge in [0.2, 0.25) is 0 Å². The first-order valence-electron chi connectivity index (χ1n) is 4.99. The molecule has 1 nitrogen and oxygen atoms in total. The van der Waals surface area contributed by atoms with Crippen LogP contribution in [0.1, 0.15) is 25.0 Å². The molecule has 78 valence electrons. The van der Waals surface area contributed by atoms with Crippen molar-refractivity contribution in [3.63, 3.8) is 0 Å². The monoisotopic (exact) mass is 200 g/mol. The van der Waals surface area contributed by atoms with E-state index in [4.69, 9.17) is 4.74 Å². The van der Waals surface area contributed by atoms with E-state index in [1.54, 1.807) is 6.26 Å². The number of allylic oxidation sites excluding steroid dienone is 1. The van der Waals surface area contributed by atoms with Crippen molar-refractivity contribution in [3.8, 4) is 11.8 Å². The minimum atomic E-state index is 0.444. The van der Waals surface area contributed by atoms with Crippen LogP contribution >= 0.6 is 0 Å². The molecule has 0 fully saturated rings. The summed E-state index contributed by atoms with van der Waals surface area (Å²) in [6.45, 7) is 6.50. The molecule has 0 N–H and O–H groups in total. The van der Waals surface area contributed by atoms with E-state index in [-0.39, 0.29) is 0 Å². The molecule has 0 unspecified atom stereocenters. The Hall–Kier alpha value is -1.68. The van der Waals surface area contributed by atoms with Crippen LogP contribution in [0.4, 0.5) is 0 Å². The third kappa shape index (κ3) is 4.93. The van der Waals surface area contributed by atoms with E-state index in [9.17, 15) is 0 Å². The highest BCUT2D eigenvalue weighted by Gasteiger charge is 1.85. The van der Waals surface area contributed by atoms with Crippen molar-refractivity contribution in [3.05, 3.63) is 47.2 Å². The number of rotatable bonds is 2. The zero-order valence-electron chi connectivity index (χ0n) is 9.50. The van der Waals surface area contributed by atoms with Crippen LogP contribution in [0.25, 0.3) is 0 Å². The molecule has 1 rings (SSSR count). The lowest BCUT2D eigenvalue weighted by Crippen LogP contribution is -1.83. The van der Waals surface area contributed by atoms with Crippen LogP contribution in [0.5, 0.6) is 0 Å².